The molecule has 1 unspecified atom stereocenters. The van der Waals surface area contributed by atoms with Crippen molar-refractivity contribution in [2.45, 2.75) is 32.7 Å². The van der Waals surface area contributed by atoms with Gasteiger partial charge in [0, 0.05) is 30.1 Å². The van der Waals surface area contributed by atoms with Crippen molar-refractivity contribution in [1.82, 2.24) is 15.6 Å². The molecule has 0 aromatic carbocycles. The van der Waals surface area contributed by atoms with E-state index in [1.807, 2.05) is 19.9 Å². The summed E-state index contributed by atoms with van der Waals surface area (Å²) in [5.41, 5.74) is 2.16. The lowest BCUT2D eigenvalue weighted by atomic mass is 9.73. The predicted molar refractivity (Wildman–Crippen MR) is 73.7 cm³/mol. The van der Waals surface area contributed by atoms with Gasteiger partial charge in [-0.05, 0) is 23.5 Å². The molecule has 2 aliphatic rings. The molecular weight excluding hydrogens is 254 g/mol. The third kappa shape index (κ3) is 2.19. The van der Waals surface area contributed by atoms with Gasteiger partial charge in [0.05, 0.1) is 6.04 Å². The Morgan fingerprint density at radius 3 is 2.80 bits per heavy atom. The molecular formula is C15H17N3O2. The number of rotatable bonds is 1. The van der Waals surface area contributed by atoms with Crippen molar-refractivity contribution in [3.8, 4) is 0 Å². The van der Waals surface area contributed by atoms with Gasteiger partial charge in [0.2, 0.25) is 0 Å². The van der Waals surface area contributed by atoms with Crippen molar-refractivity contribution >= 4 is 11.8 Å². The standard InChI is InChI=1S/C15H17N3O2/c1-15(2)6-10-12(11(19)7-15)13(18-14(20)17-10)9-4-3-5-16-8-9/h3-5,8,13H,6-7H2,1-2H3,(H2,17,18,20). The van der Waals surface area contributed by atoms with Crippen LogP contribution in [-0.4, -0.2) is 16.8 Å². The minimum atomic E-state index is -0.393. The van der Waals surface area contributed by atoms with Crippen LogP contribution in [0, 0.1) is 5.41 Å². The monoisotopic (exact) mass is 271 g/mol. The van der Waals surface area contributed by atoms with Crippen molar-refractivity contribution in [1.29, 1.82) is 0 Å². The molecule has 5 heteroatoms. The molecule has 0 bridgehead atoms. The summed E-state index contributed by atoms with van der Waals surface area (Å²) in [6.07, 6.45) is 4.57. The molecule has 1 aliphatic heterocycles. The van der Waals surface area contributed by atoms with Gasteiger partial charge in [-0.15, -0.1) is 0 Å². The Morgan fingerprint density at radius 1 is 1.30 bits per heavy atom. The Bertz CT molecular complexity index is 605. The highest BCUT2D eigenvalue weighted by molar-refractivity contribution is 6.01. The minimum Gasteiger partial charge on any atom is -0.327 e. The number of hydrogen-bond acceptors (Lipinski definition) is 3. The lowest BCUT2D eigenvalue weighted by Gasteiger charge is -2.38. The highest BCUT2D eigenvalue weighted by Crippen LogP contribution is 2.41. The molecule has 0 spiro atoms. The minimum absolute atomic E-state index is 0.0950. The number of aromatic nitrogens is 1. The number of amides is 2. The van der Waals surface area contributed by atoms with Crippen LogP contribution in [-0.2, 0) is 4.79 Å². The summed E-state index contributed by atoms with van der Waals surface area (Å²) in [6.45, 7) is 4.09. The van der Waals surface area contributed by atoms with Gasteiger partial charge in [0.25, 0.3) is 0 Å². The van der Waals surface area contributed by atoms with E-state index < -0.39 is 6.04 Å². The number of nitrogens with zero attached hydrogens (tertiary/aromatic N) is 1. The van der Waals surface area contributed by atoms with Crippen molar-refractivity contribution in [2.24, 2.45) is 5.41 Å². The predicted octanol–water partition coefficient (Wildman–Crippen LogP) is 2.08. The zero-order valence-corrected chi connectivity index (χ0v) is 11.6. The van der Waals surface area contributed by atoms with E-state index in [0.29, 0.717) is 18.4 Å². The fourth-order valence-corrected chi connectivity index (χ4v) is 2.95. The molecule has 3 rings (SSSR count). The molecule has 1 atom stereocenters. The molecule has 0 saturated heterocycles. The van der Waals surface area contributed by atoms with Crippen molar-refractivity contribution in [3.63, 3.8) is 0 Å². The summed E-state index contributed by atoms with van der Waals surface area (Å²) < 4.78 is 0. The molecule has 0 radical (unpaired) electrons. The summed E-state index contributed by atoms with van der Waals surface area (Å²) in [7, 11) is 0. The molecule has 2 heterocycles. The number of carbonyl (C=O) groups is 2. The second-order valence-electron chi connectivity index (χ2n) is 6.15. The molecule has 0 fully saturated rings. The van der Waals surface area contributed by atoms with Gasteiger partial charge in [-0.2, -0.15) is 0 Å². The second-order valence-corrected chi connectivity index (χ2v) is 6.15. The maximum absolute atomic E-state index is 12.5. The van der Waals surface area contributed by atoms with E-state index in [9.17, 15) is 9.59 Å². The van der Waals surface area contributed by atoms with Crippen LogP contribution in [0.25, 0.3) is 0 Å². The average Bonchev–Trinajstić information content (AvgIpc) is 2.36. The van der Waals surface area contributed by atoms with E-state index in [2.05, 4.69) is 15.6 Å². The van der Waals surface area contributed by atoms with Crippen LogP contribution in [0.1, 0.15) is 38.3 Å². The Hall–Kier alpha value is -2.17. The molecule has 2 amide bonds. The van der Waals surface area contributed by atoms with Crippen LogP contribution < -0.4 is 10.6 Å². The summed E-state index contributed by atoms with van der Waals surface area (Å²) in [5, 5.41) is 5.61. The van der Waals surface area contributed by atoms with Gasteiger partial charge >= 0.3 is 6.03 Å². The van der Waals surface area contributed by atoms with Crippen LogP contribution in [0.4, 0.5) is 4.79 Å². The summed E-state index contributed by atoms with van der Waals surface area (Å²) in [4.78, 5) is 28.4. The number of ketones is 1. The number of hydrogen-bond donors (Lipinski definition) is 2. The first kappa shape index (κ1) is 12.8. The number of carbonyl (C=O) groups excluding carboxylic acids is 2. The van der Waals surface area contributed by atoms with E-state index in [1.165, 1.54) is 0 Å². The molecule has 1 aromatic heterocycles. The quantitative estimate of drug-likeness (QED) is 0.821. The first-order valence-electron chi connectivity index (χ1n) is 6.70. The highest BCUT2D eigenvalue weighted by atomic mass is 16.2. The number of Topliss-reactive ketones (excluding diaryl/α,β-unsaturated/α-hetero) is 1. The Labute approximate surface area is 117 Å². The number of nitrogens with one attached hydrogen (secondary N) is 2. The van der Waals surface area contributed by atoms with Gasteiger partial charge in [0.1, 0.15) is 0 Å². The van der Waals surface area contributed by atoms with Gasteiger partial charge < -0.3 is 10.6 Å². The summed E-state index contributed by atoms with van der Waals surface area (Å²) in [6, 6.07) is 3.03. The highest BCUT2D eigenvalue weighted by Gasteiger charge is 2.40. The van der Waals surface area contributed by atoms with Gasteiger partial charge in [-0.1, -0.05) is 19.9 Å². The maximum atomic E-state index is 12.5. The Morgan fingerprint density at radius 2 is 2.10 bits per heavy atom. The van der Waals surface area contributed by atoms with E-state index >= 15 is 0 Å². The first-order valence-corrected chi connectivity index (χ1v) is 6.70. The van der Waals surface area contributed by atoms with Crippen molar-refractivity contribution in [3.05, 3.63) is 41.4 Å². The van der Waals surface area contributed by atoms with Crippen molar-refractivity contribution in [2.75, 3.05) is 0 Å². The third-order valence-electron chi connectivity index (χ3n) is 3.77. The maximum Gasteiger partial charge on any atom is 0.319 e. The Kier molecular flexibility index (Phi) is 2.85. The van der Waals surface area contributed by atoms with E-state index in [1.54, 1.807) is 18.5 Å². The van der Waals surface area contributed by atoms with E-state index in [0.717, 1.165) is 11.3 Å². The molecule has 2 N–H and O–H groups in total. The smallest absolute Gasteiger partial charge is 0.319 e. The fourth-order valence-electron chi connectivity index (χ4n) is 2.95. The summed E-state index contributed by atoms with van der Waals surface area (Å²) >= 11 is 0. The SMILES string of the molecule is CC1(C)CC(=O)C2=C(C1)NC(=O)NC2c1cccnc1. The lowest BCUT2D eigenvalue weighted by molar-refractivity contribution is -0.118. The van der Waals surface area contributed by atoms with Crippen LogP contribution in [0.15, 0.2) is 35.8 Å². The Balaban J connectivity index is 2.07. The van der Waals surface area contributed by atoms with Crippen molar-refractivity contribution < 1.29 is 9.59 Å². The molecule has 1 aliphatic carbocycles. The van der Waals surface area contributed by atoms with Crippen LogP contribution >= 0.6 is 0 Å². The second kappa shape index (κ2) is 4.44. The number of urea groups is 1. The lowest BCUT2D eigenvalue weighted by Crippen LogP contribution is -2.48. The van der Waals surface area contributed by atoms with E-state index in [4.69, 9.17) is 0 Å². The molecule has 5 nitrogen and oxygen atoms in total. The zero-order chi connectivity index (χ0) is 14.3. The summed E-state index contributed by atoms with van der Waals surface area (Å²) in [5.74, 6) is 0.0950. The van der Waals surface area contributed by atoms with Crippen LogP contribution in [0.2, 0.25) is 0 Å². The largest absolute Gasteiger partial charge is 0.327 e. The van der Waals surface area contributed by atoms with Crippen LogP contribution in [0.3, 0.4) is 0 Å². The zero-order valence-electron chi connectivity index (χ0n) is 11.6. The molecule has 20 heavy (non-hydrogen) atoms. The number of pyridine rings is 1. The average molecular weight is 271 g/mol. The van der Waals surface area contributed by atoms with E-state index in [-0.39, 0.29) is 17.2 Å². The van der Waals surface area contributed by atoms with Gasteiger partial charge in [-0.25, -0.2) is 4.79 Å². The third-order valence-corrected chi connectivity index (χ3v) is 3.77. The van der Waals surface area contributed by atoms with Gasteiger partial charge in [-0.3, -0.25) is 9.78 Å². The molecule has 1 aromatic rings. The normalized spacial score (nSPS) is 24.8. The topological polar surface area (TPSA) is 71.1 Å². The fraction of sp³-hybridized carbons (Fsp3) is 0.400. The molecule has 104 valence electrons. The first-order chi connectivity index (χ1) is 9.46. The molecule has 0 saturated carbocycles. The van der Waals surface area contributed by atoms with Gasteiger partial charge in [0.15, 0.2) is 5.78 Å². The van der Waals surface area contributed by atoms with Crippen LogP contribution in [0.5, 0.6) is 0 Å². The number of allylic oxidation sites excluding steroid dienone is 1.